The molecule has 0 bridgehead atoms. The summed E-state index contributed by atoms with van der Waals surface area (Å²) in [6, 6.07) is 23.4. The number of nitrogens with zero attached hydrogens (tertiary/aromatic N) is 6. The smallest absolute Gasteiger partial charge is 0.230 e. The Kier molecular flexibility index (Phi) is 6.05. The molecule has 6 rings (SSSR count). The van der Waals surface area contributed by atoms with Crippen molar-refractivity contribution in [2.24, 2.45) is 0 Å². The number of hydrogen-bond donors (Lipinski definition) is 2. The van der Waals surface area contributed by atoms with Crippen LogP contribution in [0.1, 0.15) is 0 Å². The van der Waals surface area contributed by atoms with E-state index < -0.39 is 0 Å². The Morgan fingerprint density at radius 3 is 2.49 bits per heavy atom. The number of anilines is 3. The van der Waals surface area contributed by atoms with Gasteiger partial charge < -0.3 is 15.4 Å². The first-order valence-corrected chi connectivity index (χ1v) is 12.3. The molecule has 0 unspecified atom stereocenters. The van der Waals surface area contributed by atoms with Gasteiger partial charge >= 0.3 is 0 Å². The van der Waals surface area contributed by atoms with Crippen LogP contribution in [0.15, 0.2) is 90.7 Å². The van der Waals surface area contributed by atoms with Crippen LogP contribution in [0.25, 0.3) is 32.7 Å². The van der Waals surface area contributed by atoms with Crippen LogP contribution in [0.2, 0.25) is 0 Å². The fourth-order valence-corrected chi connectivity index (χ4v) is 4.56. The lowest BCUT2D eigenvalue weighted by molar-refractivity contribution is 0.464. The number of pyridine rings is 1. The van der Waals surface area contributed by atoms with Crippen LogP contribution >= 0.6 is 11.3 Å². The molecule has 9 nitrogen and oxygen atoms in total. The van der Waals surface area contributed by atoms with Crippen molar-refractivity contribution in [2.75, 3.05) is 17.7 Å². The van der Waals surface area contributed by atoms with E-state index >= 15 is 0 Å². The molecule has 6 aromatic rings. The standard InChI is InChI=1S/C27H20N8OS/c1-28-27-31-16-30-24(33-27)21-8-4-14-29-26(21)36-18-12-10-17(11-13-18)32-25-20-7-3-2-6-19(20)23(34-35-25)22-9-5-15-37-22/h2-16H,1H3,(H,32,35)(H,28,30,31,33). The molecule has 0 aliphatic rings. The number of fused-ring (bicyclic) bond motifs is 1. The number of rotatable bonds is 7. The summed E-state index contributed by atoms with van der Waals surface area (Å²) < 4.78 is 6.08. The highest BCUT2D eigenvalue weighted by molar-refractivity contribution is 7.13. The largest absolute Gasteiger partial charge is 0.438 e. The van der Waals surface area contributed by atoms with Crippen LogP contribution in [0.4, 0.5) is 17.5 Å². The molecule has 0 saturated carbocycles. The SMILES string of the molecule is CNc1ncnc(-c2cccnc2Oc2ccc(Nc3nnc(-c4cccs4)c4ccccc34)cc2)n1. The summed E-state index contributed by atoms with van der Waals surface area (Å²) >= 11 is 1.65. The third-order valence-electron chi connectivity index (χ3n) is 5.58. The average Bonchev–Trinajstić information content (AvgIpc) is 3.49. The molecule has 0 radical (unpaired) electrons. The second-order valence-electron chi connectivity index (χ2n) is 7.91. The molecule has 10 heteroatoms. The van der Waals surface area contributed by atoms with E-state index in [1.807, 2.05) is 66.0 Å². The zero-order valence-electron chi connectivity index (χ0n) is 19.7. The van der Waals surface area contributed by atoms with Crippen molar-refractivity contribution in [3.8, 4) is 33.6 Å². The summed E-state index contributed by atoms with van der Waals surface area (Å²) in [7, 11) is 1.75. The molecule has 0 amide bonds. The van der Waals surface area contributed by atoms with E-state index in [9.17, 15) is 0 Å². The van der Waals surface area contributed by atoms with Gasteiger partial charge in [0, 0.05) is 29.7 Å². The van der Waals surface area contributed by atoms with Crippen LogP contribution in [0.3, 0.4) is 0 Å². The minimum absolute atomic E-state index is 0.400. The number of ether oxygens (including phenoxy) is 1. The molecule has 4 aromatic heterocycles. The first-order valence-electron chi connectivity index (χ1n) is 11.4. The Labute approximate surface area is 216 Å². The van der Waals surface area contributed by atoms with Crippen LogP contribution in [0, 0.1) is 0 Å². The number of hydrogen-bond acceptors (Lipinski definition) is 10. The zero-order chi connectivity index (χ0) is 25.0. The van der Waals surface area contributed by atoms with E-state index in [1.54, 1.807) is 24.6 Å². The first-order chi connectivity index (χ1) is 18.3. The van der Waals surface area contributed by atoms with Gasteiger partial charge in [-0.3, -0.25) is 0 Å². The quantitative estimate of drug-likeness (QED) is 0.263. The monoisotopic (exact) mass is 504 g/mol. The van der Waals surface area contributed by atoms with Crippen molar-refractivity contribution in [2.45, 2.75) is 0 Å². The molecule has 2 N–H and O–H groups in total. The normalized spacial score (nSPS) is 10.8. The molecule has 2 aromatic carbocycles. The minimum Gasteiger partial charge on any atom is -0.438 e. The summed E-state index contributed by atoms with van der Waals surface area (Å²) in [6.07, 6.45) is 3.11. The lowest BCUT2D eigenvalue weighted by Gasteiger charge is -2.12. The van der Waals surface area contributed by atoms with Gasteiger partial charge in [-0.15, -0.1) is 21.5 Å². The van der Waals surface area contributed by atoms with Crippen LogP contribution in [0.5, 0.6) is 11.6 Å². The molecule has 0 fully saturated rings. The predicted octanol–water partition coefficient (Wildman–Crippen LogP) is 6.18. The molecule has 0 spiro atoms. The van der Waals surface area contributed by atoms with Gasteiger partial charge in [-0.05, 0) is 47.8 Å². The van der Waals surface area contributed by atoms with E-state index in [1.165, 1.54) is 6.33 Å². The molecule has 37 heavy (non-hydrogen) atoms. The number of aromatic nitrogens is 6. The maximum absolute atomic E-state index is 6.08. The Morgan fingerprint density at radius 2 is 1.68 bits per heavy atom. The van der Waals surface area contributed by atoms with Crippen LogP contribution in [-0.4, -0.2) is 37.2 Å². The number of nitrogens with one attached hydrogen (secondary N) is 2. The van der Waals surface area contributed by atoms with Crippen molar-refractivity contribution < 1.29 is 4.74 Å². The van der Waals surface area contributed by atoms with Gasteiger partial charge in [0.15, 0.2) is 11.6 Å². The first kappa shape index (κ1) is 22.5. The third kappa shape index (κ3) is 4.65. The minimum atomic E-state index is 0.400. The van der Waals surface area contributed by atoms with Gasteiger partial charge in [-0.1, -0.05) is 30.3 Å². The maximum Gasteiger partial charge on any atom is 0.230 e. The third-order valence-corrected chi connectivity index (χ3v) is 6.46. The summed E-state index contributed by atoms with van der Waals surface area (Å²) in [4.78, 5) is 18.2. The van der Waals surface area contributed by atoms with Gasteiger partial charge in [-0.2, -0.15) is 4.98 Å². The van der Waals surface area contributed by atoms with Gasteiger partial charge in [0.25, 0.3) is 0 Å². The molecular weight excluding hydrogens is 484 g/mol. The van der Waals surface area contributed by atoms with E-state index in [2.05, 4.69) is 52.9 Å². The van der Waals surface area contributed by atoms with Crippen molar-refractivity contribution in [3.05, 3.63) is 90.7 Å². The average molecular weight is 505 g/mol. The molecular formula is C27H20N8OS. The Hall–Kier alpha value is -4.96. The fraction of sp³-hybridized carbons (Fsp3) is 0.0370. The Balaban J connectivity index is 1.25. The van der Waals surface area contributed by atoms with Crippen molar-refractivity contribution in [3.63, 3.8) is 0 Å². The molecule has 0 aliphatic heterocycles. The lowest BCUT2D eigenvalue weighted by atomic mass is 10.1. The highest BCUT2D eigenvalue weighted by Crippen LogP contribution is 2.34. The van der Waals surface area contributed by atoms with Crippen molar-refractivity contribution >= 4 is 39.6 Å². The zero-order valence-corrected chi connectivity index (χ0v) is 20.5. The van der Waals surface area contributed by atoms with E-state index in [4.69, 9.17) is 4.74 Å². The Bertz CT molecular complexity index is 1670. The lowest BCUT2D eigenvalue weighted by Crippen LogP contribution is -2.01. The molecule has 0 aliphatic carbocycles. The van der Waals surface area contributed by atoms with Crippen molar-refractivity contribution in [1.82, 2.24) is 30.1 Å². The van der Waals surface area contributed by atoms with Crippen LogP contribution < -0.4 is 15.4 Å². The molecule has 0 saturated heterocycles. The van der Waals surface area contributed by atoms with Gasteiger partial charge in [0.1, 0.15) is 17.8 Å². The summed E-state index contributed by atoms with van der Waals surface area (Å²) in [5, 5.41) is 19.4. The second-order valence-corrected chi connectivity index (χ2v) is 8.86. The topological polar surface area (TPSA) is 111 Å². The number of thiophene rings is 1. The van der Waals surface area contributed by atoms with E-state index in [0.29, 0.717) is 34.8 Å². The van der Waals surface area contributed by atoms with Crippen molar-refractivity contribution in [1.29, 1.82) is 0 Å². The highest BCUT2D eigenvalue weighted by atomic mass is 32.1. The predicted molar refractivity (Wildman–Crippen MR) is 145 cm³/mol. The second kappa shape index (κ2) is 9.96. The summed E-state index contributed by atoms with van der Waals surface area (Å²) in [5.41, 5.74) is 2.40. The van der Waals surface area contributed by atoms with Gasteiger partial charge in [-0.25, -0.2) is 15.0 Å². The van der Waals surface area contributed by atoms with E-state index in [-0.39, 0.29) is 0 Å². The van der Waals surface area contributed by atoms with E-state index in [0.717, 1.165) is 27.0 Å². The molecule has 4 heterocycles. The maximum atomic E-state index is 6.08. The summed E-state index contributed by atoms with van der Waals surface area (Å²) in [6.45, 7) is 0. The number of benzene rings is 2. The van der Waals surface area contributed by atoms with Crippen LogP contribution in [-0.2, 0) is 0 Å². The molecule has 180 valence electrons. The summed E-state index contributed by atoms with van der Waals surface area (Å²) in [5.74, 6) is 2.65. The van der Waals surface area contributed by atoms with Gasteiger partial charge in [0.2, 0.25) is 11.8 Å². The highest BCUT2D eigenvalue weighted by Gasteiger charge is 2.14. The van der Waals surface area contributed by atoms with Gasteiger partial charge in [0.05, 0.1) is 10.4 Å². The Morgan fingerprint density at radius 1 is 0.811 bits per heavy atom. The molecule has 0 atom stereocenters. The fourth-order valence-electron chi connectivity index (χ4n) is 3.83.